The summed E-state index contributed by atoms with van der Waals surface area (Å²) in [4.78, 5) is 14.9. The Bertz CT molecular complexity index is 475. The molecule has 0 unspecified atom stereocenters. The Balaban J connectivity index is 2.79. The second kappa shape index (κ2) is 2.65. The lowest BCUT2D eigenvalue weighted by Gasteiger charge is -1.96. The summed E-state index contributed by atoms with van der Waals surface area (Å²) in [6.45, 7) is 1.40. The van der Waals surface area contributed by atoms with Gasteiger partial charge in [-0.15, -0.1) is 0 Å². The third-order valence-electron chi connectivity index (χ3n) is 1.81. The fourth-order valence-electron chi connectivity index (χ4n) is 1.22. The molecule has 0 spiro atoms. The number of carbonyl (C=O) groups is 1. The molecule has 0 aliphatic carbocycles. The predicted octanol–water partition coefficient (Wildman–Crippen LogP) is 1.68. The Morgan fingerprint density at radius 3 is 3.00 bits per heavy atom. The highest BCUT2D eigenvalue weighted by atomic mass is 19.1. The first-order chi connectivity index (χ1) is 6.18. The summed E-state index contributed by atoms with van der Waals surface area (Å²) < 4.78 is 14.2. The molecule has 2 heterocycles. The van der Waals surface area contributed by atoms with Gasteiger partial charge in [-0.05, 0) is 12.1 Å². The first-order valence-corrected chi connectivity index (χ1v) is 3.82. The van der Waals surface area contributed by atoms with Crippen molar-refractivity contribution in [2.24, 2.45) is 0 Å². The van der Waals surface area contributed by atoms with E-state index in [1.807, 2.05) is 0 Å². The van der Waals surface area contributed by atoms with Gasteiger partial charge in [0.25, 0.3) is 0 Å². The van der Waals surface area contributed by atoms with Crippen LogP contribution < -0.4 is 0 Å². The van der Waals surface area contributed by atoms with E-state index in [4.69, 9.17) is 0 Å². The van der Waals surface area contributed by atoms with E-state index in [1.54, 1.807) is 6.07 Å². The quantitative estimate of drug-likeness (QED) is 0.622. The Kier molecular flexibility index (Phi) is 1.62. The number of carbonyl (C=O) groups excluding carboxylic acids is 1. The molecule has 13 heavy (non-hydrogen) atoms. The van der Waals surface area contributed by atoms with Gasteiger partial charge in [0, 0.05) is 13.1 Å². The summed E-state index contributed by atoms with van der Waals surface area (Å²) in [6.07, 6.45) is 2.79. The van der Waals surface area contributed by atoms with Crippen LogP contribution in [0, 0.1) is 5.82 Å². The van der Waals surface area contributed by atoms with Crippen LogP contribution in [0.2, 0.25) is 0 Å². The molecule has 0 atom stereocenters. The summed E-state index contributed by atoms with van der Waals surface area (Å²) in [7, 11) is 0. The van der Waals surface area contributed by atoms with Gasteiger partial charge < -0.3 is 0 Å². The topological polar surface area (TPSA) is 34.4 Å². The van der Waals surface area contributed by atoms with Crippen molar-refractivity contribution >= 4 is 11.3 Å². The Labute approximate surface area is 73.8 Å². The summed E-state index contributed by atoms with van der Waals surface area (Å²) >= 11 is 0. The fraction of sp³-hybridized carbons (Fsp3) is 0.111. The van der Waals surface area contributed by atoms with Crippen molar-refractivity contribution in [3.05, 3.63) is 36.2 Å². The van der Waals surface area contributed by atoms with Gasteiger partial charge in [0.15, 0.2) is 11.6 Å². The van der Waals surface area contributed by atoms with E-state index >= 15 is 0 Å². The number of hydrogen-bond acceptors (Lipinski definition) is 2. The molecule has 0 saturated heterocycles. The van der Waals surface area contributed by atoms with Gasteiger partial charge in [0.2, 0.25) is 0 Å². The number of rotatable bonds is 1. The lowest BCUT2D eigenvalue weighted by atomic mass is 10.4. The fourth-order valence-corrected chi connectivity index (χ4v) is 1.22. The number of halogens is 1. The van der Waals surface area contributed by atoms with Gasteiger partial charge >= 0.3 is 0 Å². The molecule has 0 aliphatic heterocycles. The monoisotopic (exact) mass is 178 g/mol. The van der Waals surface area contributed by atoms with Crippen LogP contribution in [-0.4, -0.2) is 15.2 Å². The molecule has 0 fully saturated rings. The minimum atomic E-state index is -0.381. The molecule has 0 radical (unpaired) electrons. The van der Waals surface area contributed by atoms with Crippen LogP contribution in [0.1, 0.15) is 17.5 Å². The molecule has 0 amide bonds. The molecule has 66 valence electrons. The van der Waals surface area contributed by atoms with Crippen LogP contribution in [0.4, 0.5) is 4.39 Å². The maximum Gasteiger partial charge on any atom is 0.195 e. The van der Waals surface area contributed by atoms with Crippen molar-refractivity contribution in [2.75, 3.05) is 0 Å². The van der Waals surface area contributed by atoms with Crippen LogP contribution in [0.5, 0.6) is 0 Å². The highest BCUT2D eigenvalue weighted by molar-refractivity contribution is 5.91. The van der Waals surface area contributed by atoms with Gasteiger partial charge in [-0.3, -0.25) is 9.20 Å². The molecule has 3 nitrogen and oxygen atoms in total. The summed E-state index contributed by atoms with van der Waals surface area (Å²) in [5, 5.41) is 0. The molecular formula is C9H7FN2O. The van der Waals surface area contributed by atoms with Crippen molar-refractivity contribution in [1.82, 2.24) is 9.38 Å². The molecular weight excluding hydrogens is 171 g/mol. The van der Waals surface area contributed by atoms with Crippen molar-refractivity contribution in [1.29, 1.82) is 0 Å². The van der Waals surface area contributed by atoms with Crippen LogP contribution >= 0.6 is 0 Å². The van der Waals surface area contributed by atoms with E-state index in [2.05, 4.69) is 4.98 Å². The average molecular weight is 178 g/mol. The van der Waals surface area contributed by atoms with Crippen molar-refractivity contribution in [2.45, 2.75) is 6.92 Å². The Hall–Kier alpha value is -1.71. The minimum Gasteiger partial charge on any atom is -0.294 e. The lowest BCUT2D eigenvalue weighted by Crippen LogP contribution is -2.00. The zero-order valence-electron chi connectivity index (χ0n) is 6.99. The number of ketones is 1. The third-order valence-corrected chi connectivity index (χ3v) is 1.81. The first kappa shape index (κ1) is 7.91. The second-order valence-electron chi connectivity index (χ2n) is 2.78. The van der Waals surface area contributed by atoms with E-state index in [0.717, 1.165) is 0 Å². The minimum absolute atomic E-state index is 0.175. The molecule has 0 bridgehead atoms. The van der Waals surface area contributed by atoms with Crippen LogP contribution in [0.3, 0.4) is 0 Å². The second-order valence-corrected chi connectivity index (χ2v) is 2.78. The molecule has 2 rings (SSSR count). The number of aromatic nitrogens is 2. The lowest BCUT2D eigenvalue weighted by molar-refractivity contribution is 0.100. The molecule has 0 aromatic carbocycles. The molecule has 4 heteroatoms. The number of Topliss-reactive ketones (excluding diaryl/α,β-unsaturated/α-hetero) is 1. The highest BCUT2D eigenvalue weighted by Crippen LogP contribution is 2.08. The predicted molar refractivity (Wildman–Crippen MR) is 45.2 cm³/mol. The molecule has 0 aliphatic rings. The van der Waals surface area contributed by atoms with Gasteiger partial charge in [0.05, 0.1) is 11.7 Å². The van der Waals surface area contributed by atoms with Crippen LogP contribution in [0.25, 0.3) is 5.52 Å². The summed E-state index contributed by atoms with van der Waals surface area (Å²) in [5.41, 5.74) is 0.714. The number of imidazole rings is 1. The summed E-state index contributed by atoms with van der Waals surface area (Å²) in [5.74, 6) is -0.298. The number of pyridine rings is 1. The average Bonchev–Trinajstić information content (AvgIpc) is 2.46. The van der Waals surface area contributed by atoms with Crippen LogP contribution in [0.15, 0.2) is 24.5 Å². The smallest absolute Gasteiger partial charge is 0.195 e. The van der Waals surface area contributed by atoms with Gasteiger partial charge in [-0.1, -0.05) is 0 Å². The zero-order valence-corrected chi connectivity index (χ0v) is 6.99. The number of hydrogen-bond donors (Lipinski definition) is 0. The summed E-state index contributed by atoms with van der Waals surface area (Å²) in [6, 6.07) is 2.91. The molecule has 0 N–H and O–H groups in total. The molecule has 2 aromatic rings. The van der Waals surface area contributed by atoms with Crippen molar-refractivity contribution < 1.29 is 9.18 Å². The Morgan fingerprint density at radius 1 is 1.54 bits per heavy atom. The number of fused-ring (bicyclic) bond motifs is 1. The Morgan fingerprint density at radius 2 is 2.31 bits per heavy atom. The van der Waals surface area contributed by atoms with Gasteiger partial charge in [0.1, 0.15) is 5.82 Å². The largest absolute Gasteiger partial charge is 0.294 e. The normalized spacial score (nSPS) is 10.6. The van der Waals surface area contributed by atoms with Gasteiger partial charge in [-0.25, -0.2) is 9.37 Å². The highest BCUT2D eigenvalue weighted by Gasteiger charge is 2.07. The number of nitrogens with zero attached hydrogens (tertiary/aromatic N) is 2. The maximum atomic E-state index is 12.8. The van der Waals surface area contributed by atoms with E-state index in [1.165, 1.54) is 29.8 Å². The van der Waals surface area contributed by atoms with E-state index in [-0.39, 0.29) is 17.4 Å². The zero-order chi connectivity index (χ0) is 9.42. The van der Waals surface area contributed by atoms with E-state index in [9.17, 15) is 9.18 Å². The van der Waals surface area contributed by atoms with Crippen LogP contribution in [-0.2, 0) is 0 Å². The standard InChI is InChI=1S/C9H7FN2O/c1-6(13)9-11-4-8-3-2-7(10)5-12(8)9/h2-5H,1H3. The first-order valence-electron chi connectivity index (χ1n) is 3.82. The van der Waals surface area contributed by atoms with Crippen molar-refractivity contribution in [3.8, 4) is 0 Å². The van der Waals surface area contributed by atoms with E-state index in [0.29, 0.717) is 5.52 Å². The molecule has 0 saturated carbocycles. The SMILES string of the molecule is CC(=O)c1ncc2ccc(F)cn12. The maximum absolute atomic E-state index is 12.8. The van der Waals surface area contributed by atoms with Crippen molar-refractivity contribution in [3.63, 3.8) is 0 Å². The van der Waals surface area contributed by atoms with E-state index < -0.39 is 0 Å². The van der Waals surface area contributed by atoms with Gasteiger partial charge in [-0.2, -0.15) is 0 Å². The third kappa shape index (κ3) is 1.20. The molecule has 2 aromatic heterocycles.